The summed E-state index contributed by atoms with van der Waals surface area (Å²) in [6.45, 7) is 1.43. The molecule has 7 heteroatoms. The van der Waals surface area contributed by atoms with Crippen molar-refractivity contribution in [3.8, 4) is 0 Å². The van der Waals surface area contributed by atoms with Crippen molar-refractivity contribution >= 4 is 17.9 Å². The maximum Gasteiger partial charge on any atom is 0.333 e. The van der Waals surface area contributed by atoms with Crippen LogP contribution in [0.15, 0.2) is 30.3 Å². The van der Waals surface area contributed by atoms with Gasteiger partial charge in [-0.25, -0.2) is 9.59 Å². The summed E-state index contributed by atoms with van der Waals surface area (Å²) in [6, 6.07) is 7.65. The first-order valence-corrected chi connectivity index (χ1v) is 5.99. The molecule has 1 rings (SSSR count). The molecule has 3 amide bonds. The van der Waals surface area contributed by atoms with Gasteiger partial charge in [-0.3, -0.25) is 4.79 Å². The summed E-state index contributed by atoms with van der Waals surface area (Å²) in [5, 5.41) is 14.1. The zero-order chi connectivity index (χ0) is 15.2. The average molecular weight is 279 g/mol. The third kappa shape index (κ3) is 3.98. The molecule has 1 aromatic rings. The van der Waals surface area contributed by atoms with Crippen molar-refractivity contribution in [2.45, 2.75) is 18.9 Å². The number of nitrogens with two attached hydrogens (primary N) is 1. The largest absolute Gasteiger partial charge is 0.479 e. The molecule has 20 heavy (non-hydrogen) atoms. The minimum Gasteiger partial charge on any atom is -0.479 e. The molecular formula is C13H17N3O4. The normalized spacial score (nSPS) is 13.1. The van der Waals surface area contributed by atoms with E-state index in [2.05, 4.69) is 10.6 Å². The molecule has 0 saturated heterocycles. The second kappa shape index (κ2) is 6.55. The van der Waals surface area contributed by atoms with E-state index in [-0.39, 0.29) is 13.0 Å². The quantitative estimate of drug-likeness (QED) is 0.592. The minimum absolute atomic E-state index is 0.0114. The molecule has 0 radical (unpaired) electrons. The van der Waals surface area contributed by atoms with Crippen LogP contribution in [-0.4, -0.2) is 29.6 Å². The fourth-order valence-corrected chi connectivity index (χ4v) is 1.59. The molecule has 0 saturated carbocycles. The fraction of sp³-hybridized carbons (Fsp3) is 0.308. The molecule has 0 spiro atoms. The second-order valence-electron chi connectivity index (χ2n) is 4.39. The predicted molar refractivity (Wildman–Crippen MR) is 71.8 cm³/mol. The van der Waals surface area contributed by atoms with Gasteiger partial charge in [0.05, 0.1) is 0 Å². The fourth-order valence-electron chi connectivity index (χ4n) is 1.59. The zero-order valence-corrected chi connectivity index (χ0v) is 11.1. The van der Waals surface area contributed by atoms with E-state index in [0.717, 1.165) is 0 Å². The average Bonchev–Trinajstić information content (AvgIpc) is 2.38. The van der Waals surface area contributed by atoms with Crippen LogP contribution in [0.1, 0.15) is 18.9 Å². The van der Waals surface area contributed by atoms with E-state index < -0.39 is 23.4 Å². The van der Waals surface area contributed by atoms with Gasteiger partial charge in [-0.2, -0.15) is 0 Å². The van der Waals surface area contributed by atoms with E-state index in [1.807, 2.05) is 0 Å². The molecule has 7 nitrogen and oxygen atoms in total. The molecule has 0 aromatic heterocycles. The number of hydrogen-bond acceptors (Lipinski definition) is 3. The summed E-state index contributed by atoms with van der Waals surface area (Å²) in [7, 11) is 0. The van der Waals surface area contributed by atoms with Crippen molar-refractivity contribution < 1.29 is 19.5 Å². The van der Waals surface area contributed by atoms with E-state index in [9.17, 15) is 19.5 Å². The highest BCUT2D eigenvalue weighted by atomic mass is 16.4. The van der Waals surface area contributed by atoms with Crippen molar-refractivity contribution in [2.75, 3.05) is 6.54 Å². The van der Waals surface area contributed by atoms with Crippen LogP contribution in [0.25, 0.3) is 0 Å². The van der Waals surface area contributed by atoms with Crippen LogP contribution in [-0.2, 0) is 15.1 Å². The SMILES string of the molecule is CC(NC(=O)NCCC(N)=O)(C(=O)O)c1ccccc1. The Labute approximate surface area is 116 Å². The third-order valence-corrected chi connectivity index (χ3v) is 2.80. The summed E-state index contributed by atoms with van der Waals surface area (Å²) in [6.07, 6.45) is -0.0114. The van der Waals surface area contributed by atoms with Gasteiger partial charge in [-0.15, -0.1) is 0 Å². The first-order chi connectivity index (χ1) is 9.36. The van der Waals surface area contributed by atoms with Gasteiger partial charge < -0.3 is 21.5 Å². The number of carboxylic acid groups (broad SMARTS) is 1. The number of nitrogens with one attached hydrogen (secondary N) is 2. The maximum atomic E-state index is 11.7. The van der Waals surface area contributed by atoms with Crippen molar-refractivity contribution in [3.63, 3.8) is 0 Å². The maximum absolute atomic E-state index is 11.7. The lowest BCUT2D eigenvalue weighted by atomic mass is 9.92. The smallest absolute Gasteiger partial charge is 0.333 e. The number of hydrogen-bond donors (Lipinski definition) is 4. The van der Waals surface area contributed by atoms with Gasteiger partial charge >= 0.3 is 12.0 Å². The molecule has 0 bridgehead atoms. The molecule has 0 aliphatic heterocycles. The van der Waals surface area contributed by atoms with Crippen LogP contribution in [0.5, 0.6) is 0 Å². The van der Waals surface area contributed by atoms with Crippen molar-refractivity contribution in [1.82, 2.24) is 10.6 Å². The number of rotatable bonds is 6. The Morgan fingerprint density at radius 3 is 2.35 bits per heavy atom. The first kappa shape index (κ1) is 15.5. The molecule has 5 N–H and O–H groups in total. The summed E-state index contributed by atoms with van der Waals surface area (Å²) < 4.78 is 0. The Kier molecular flexibility index (Phi) is 5.08. The van der Waals surface area contributed by atoms with E-state index in [0.29, 0.717) is 5.56 Å². The number of benzene rings is 1. The van der Waals surface area contributed by atoms with Crippen LogP contribution >= 0.6 is 0 Å². The van der Waals surface area contributed by atoms with Gasteiger partial charge in [0.1, 0.15) is 0 Å². The highest BCUT2D eigenvalue weighted by molar-refractivity contribution is 5.87. The minimum atomic E-state index is -1.56. The summed E-state index contributed by atoms with van der Waals surface area (Å²) in [5.74, 6) is -1.73. The summed E-state index contributed by atoms with van der Waals surface area (Å²) in [5.41, 5.74) is 3.83. The highest BCUT2D eigenvalue weighted by Crippen LogP contribution is 2.20. The summed E-state index contributed by atoms with van der Waals surface area (Å²) in [4.78, 5) is 33.7. The number of primary amides is 1. The van der Waals surface area contributed by atoms with E-state index in [1.54, 1.807) is 30.3 Å². The Morgan fingerprint density at radius 2 is 1.85 bits per heavy atom. The number of amides is 3. The van der Waals surface area contributed by atoms with Crippen LogP contribution < -0.4 is 16.4 Å². The number of carbonyl (C=O) groups excluding carboxylic acids is 2. The Morgan fingerprint density at radius 1 is 1.25 bits per heavy atom. The van der Waals surface area contributed by atoms with E-state index in [4.69, 9.17) is 5.73 Å². The van der Waals surface area contributed by atoms with E-state index >= 15 is 0 Å². The molecular weight excluding hydrogens is 262 g/mol. The van der Waals surface area contributed by atoms with Gasteiger partial charge in [0.2, 0.25) is 5.91 Å². The molecule has 0 fully saturated rings. The summed E-state index contributed by atoms with van der Waals surface area (Å²) >= 11 is 0. The molecule has 0 aliphatic carbocycles. The molecule has 1 aromatic carbocycles. The lowest BCUT2D eigenvalue weighted by Gasteiger charge is -2.26. The third-order valence-electron chi connectivity index (χ3n) is 2.80. The highest BCUT2D eigenvalue weighted by Gasteiger charge is 2.36. The van der Waals surface area contributed by atoms with Gasteiger partial charge in [0.15, 0.2) is 5.54 Å². The van der Waals surface area contributed by atoms with Crippen LogP contribution in [0, 0.1) is 0 Å². The Hall–Kier alpha value is -2.57. The Bertz CT molecular complexity index is 504. The van der Waals surface area contributed by atoms with Gasteiger partial charge in [0, 0.05) is 13.0 Å². The molecule has 0 aliphatic rings. The monoisotopic (exact) mass is 279 g/mol. The topological polar surface area (TPSA) is 122 Å². The molecule has 1 unspecified atom stereocenters. The van der Waals surface area contributed by atoms with Gasteiger partial charge in [-0.1, -0.05) is 30.3 Å². The van der Waals surface area contributed by atoms with Crippen LogP contribution in [0.3, 0.4) is 0 Å². The molecule has 0 heterocycles. The van der Waals surface area contributed by atoms with Gasteiger partial charge in [-0.05, 0) is 12.5 Å². The lowest BCUT2D eigenvalue weighted by Crippen LogP contribution is -2.53. The predicted octanol–water partition coefficient (Wildman–Crippen LogP) is 0.161. The van der Waals surface area contributed by atoms with Gasteiger partial charge in [0.25, 0.3) is 0 Å². The Balaban J connectivity index is 2.75. The first-order valence-electron chi connectivity index (χ1n) is 5.99. The number of carbonyl (C=O) groups is 3. The number of carboxylic acids is 1. The van der Waals surface area contributed by atoms with Crippen molar-refractivity contribution in [2.24, 2.45) is 5.73 Å². The zero-order valence-electron chi connectivity index (χ0n) is 11.1. The van der Waals surface area contributed by atoms with E-state index in [1.165, 1.54) is 6.92 Å². The number of aliphatic carboxylic acids is 1. The number of urea groups is 1. The standard InChI is InChI=1S/C13H17N3O4/c1-13(11(18)19,9-5-3-2-4-6-9)16-12(20)15-8-7-10(14)17/h2-6H,7-8H2,1H3,(H2,14,17)(H,18,19)(H2,15,16,20). The molecule has 108 valence electrons. The second-order valence-corrected chi connectivity index (χ2v) is 4.39. The lowest BCUT2D eigenvalue weighted by molar-refractivity contribution is -0.144. The van der Waals surface area contributed by atoms with Crippen LogP contribution in [0.2, 0.25) is 0 Å². The van der Waals surface area contributed by atoms with Crippen molar-refractivity contribution in [3.05, 3.63) is 35.9 Å². The molecule has 1 atom stereocenters. The van der Waals surface area contributed by atoms with Crippen molar-refractivity contribution in [1.29, 1.82) is 0 Å². The van der Waals surface area contributed by atoms with Crippen LogP contribution in [0.4, 0.5) is 4.79 Å².